The molecule has 9 heteroatoms. The average molecular weight is 601 g/mol. The van der Waals surface area contributed by atoms with E-state index in [9.17, 15) is 18.0 Å². The van der Waals surface area contributed by atoms with Gasteiger partial charge in [0, 0.05) is 17.6 Å². The fourth-order valence-corrected chi connectivity index (χ4v) is 5.76. The summed E-state index contributed by atoms with van der Waals surface area (Å²) < 4.78 is 29.4. The van der Waals surface area contributed by atoms with E-state index in [4.69, 9.17) is 0 Å². The minimum absolute atomic E-state index is 0.0784. The summed E-state index contributed by atoms with van der Waals surface area (Å²) in [6.07, 6.45) is 2.16. The van der Waals surface area contributed by atoms with E-state index >= 15 is 0 Å². The van der Waals surface area contributed by atoms with Crippen molar-refractivity contribution in [3.8, 4) is 0 Å². The van der Waals surface area contributed by atoms with Gasteiger partial charge in [-0.1, -0.05) is 84.7 Å². The smallest absolute Gasteiger partial charge is 0.264 e. The van der Waals surface area contributed by atoms with Gasteiger partial charge in [0.05, 0.1) is 10.6 Å². The lowest BCUT2D eigenvalue weighted by Crippen LogP contribution is -2.52. The van der Waals surface area contributed by atoms with Gasteiger partial charge in [0.1, 0.15) is 12.6 Å². The van der Waals surface area contributed by atoms with E-state index in [0.29, 0.717) is 18.7 Å². The Morgan fingerprint density at radius 3 is 2.08 bits per heavy atom. The zero-order valence-corrected chi connectivity index (χ0v) is 24.1. The van der Waals surface area contributed by atoms with Crippen molar-refractivity contribution in [1.82, 2.24) is 10.2 Å². The summed E-state index contributed by atoms with van der Waals surface area (Å²) in [6, 6.07) is 23.4. The maximum atomic E-state index is 13.9. The Bertz CT molecular complexity index is 1290. The molecule has 0 aliphatic heterocycles. The van der Waals surface area contributed by atoms with Crippen LogP contribution in [0, 0.1) is 0 Å². The predicted octanol–water partition coefficient (Wildman–Crippen LogP) is 5.37. The van der Waals surface area contributed by atoms with E-state index in [0.717, 1.165) is 27.2 Å². The summed E-state index contributed by atoms with van der Waals surface area (Å²) in [6.45, 7) is 4.14. The zero-order chi connectivity index (χ0) is 27.5. The highest BCUT2D eigenvalue weighted by Crippen LogP contribution is 2.26. The summed E-state index contributed by atoms with van der Waals surface area (Å²) in [5.74, 6) is -0.708. The Morgan fingerprint density at radius 1 is 0.895 bits per heavy atom. The molecule has 0 spiro atoms. The second-order valence-corrected chi connectivity index (χ2v) is 11.7. The Morgan fingerprint density at radius 2 is 1.50 bits per heavy atom. The number of nitrogens with zero attached hydrogens (tertiary/aromatic N) is 2. The molecule has 0 bridgehead atoms. The summed E-state index contributed by atoms with van der Waals surface area (Å²) in [5.41, 5.74) is 1.20. The van der Waals surface area contributed by atoms with Crippen LogP contribution in [-0.4, -0.2) is 44.3 Å². The first-order valence-corrected chi connectivity index (χ1v) is 15.0. The SMILES string of the molecule is CCCCNC(=O)[C@@H](CC)N(Cc1ccccc1)C(=O)CN(c1ccc(Br)cc1)S(=O)(=O)c1ccccc1. The van der Waals surface area contributed by atoms with Gasteiger partial charge in [-0.25, -0.2) is 8.42 Å². The molecule has 0 fully saturated rings. The van der Waals surface area contributed by atoms with Gasteiger partial charge < -0.3 is 10.2 Å². The summed E-state index contributed by atoms with van der Waals surface area (Å²) in [4.78, 5) is 28.7. The van der Waals surface area contributed by atoms with Crippen LogP contribution in [0.2, 0.25) is 0 Å². The molecule has 2 amide bonds. The van der Waals surface area contributed by atoms with Gasteiger partial charge in [-0.2, -0.15) is 0 Å². The van der Waals surface area contributed by atoms with Crippen molar-refractivity contribution in [2.75, 3.05) is 17.4 Å². The number of carbonyl (C=O) groups excluding carboxylic acids is 2. The van der Waals surface area contributed by atoms with Crippen LogP contribution in [0.1, 0.15) is 38.7 Å². The second-order valence-electron chi connectivity index (χ2n) is 8.88. The number of amides is 2. The van der Waals surface area contributed by atoms with Crippen molar-refractivity contribution in [1.29, 1.82) is 0 Å². The molecule has 0 aromatic heterocycles. The summed E-state index contributed by atoms with van der Waals surface area (Å²) in [7, 11) is -4.07. The van der Waals surface area contributed by atoms with E-state index in [2.05, 4.69) is 21.2 Å². The van der Waals surface area contributed by atoms with Gasteiger partial charge in [0.15, 0.2) is 0 Å². The molecule has 0 unspecified atom stereocenters. The third kappa shape index (κ3) is 7.68. The lowest BCUT2D eigenvalue weighted by atomic mass is 10.1. The number of hydrogen-bond acceptors (Lipinski definition) is 4. The molecule has 38 heavy (non-hydrogen) atoms. The fraction of sp³-hybridized carbons (Fsp3) is 0.310. The van der Waals surface area contributed by atoms with Gasteiger partial charge in [0.2, 0.25) is 11.8 Å². The highest BCUT2D eigenvalue weighted by atomic mass is 79.9. The third-order valence-electron chi connectivity index (χ3n) is 6.14. The van der Waals surface area contributed by atoms with Crippen molar-refractivity contribution in [3.05, 3.63) is 95.0 Å². The zero-order valence-electron chi connectivity index (χ0n) is 21.7. The van der Waals surface area contributed by atoms with Crippen LogP contribution in [0.5, 0.6) is 0 Å². The molecule has 0 aliphatic rings. The van der Waals surface area contributed by atoms with E-state index in [1.165, 1.54) is 17.0 Å². The Hall–Kier alpha value is -3.17. The molecular formula is C29H34BrN3O4S. The monoisotopic (exact) mass is 599 g/mol. The molecule has 202 valence electrons. The number of benzene rings is 3. The van der Waals surface area contributed by atoms with Crippen LogP contribution in [0.3, 0.4) is 0 Å². The highest BCUT2D eigenvalue weighted by molar-refractivity contribution is 9.10. The van der Waals surface area contributed by atoms with Gasteiger partial charge in [-0.15, -0.1) is 0 Å². The number of rotatable bonds is 13. The predicted molar refractivity (Wildman–Crippen MR) is 154 cm³/mol. The average Bonchev–Trinajstić information content (AvgIpc) is 2.93. The van der Waals surface area contributed by atoms with Crippen molar-refractivity contribution in [2.24, 2.45) is 0 Å². The second kappa shape index (κ2) is 14.1. The first-order valence-electron chi connectivity index (χ1n) is 12.7. The van der Waals surface area contributed by atoms with Crippen LogP contribution in [0.15, 0.2) is 94.3 Å². The van der Waals surface area contributed by atoms with E-state index in [1.54, 1.807) is 42.5 Å². The van der Waals surface area contributed by atoms with Crippen molar-refractivity contribution < 1.29 is 18.0 Å². The van der Waals surface area contributed by atoms with Crippen LogP contribution in [-0.2, 0) is 26.2 Å². The van der Waals surface area contributed by atoms with Crippen LogP contribution >= 0.6 is 15.9 Å². The van der Waals surface area contributed by atoms with Crippen LogP contribution in [0.25, 0.3) is 0 Å². The number of sulfonamides is 1. The van der Waals surface area contributed by atoms with E-state index < -0.39 is 28.5 Å². The van der Waals surface area contributed by atoms with E-state index in [-0.39, 0.29) is 17.3 Å². The van der Waals surface area contributed by atoms with Crippen molar-refractivity contribution in [3.63, 3.8) is 0 Å². The number of carbonyl (C=O) groups is 2. The molecular weight excluding hydrogens is 566 g/mol. The Kier molecular flexibility index (Phi) is 10.9. The molecule has 0 heterocycles. The largest absolute Gasteiger partial charge is 0.354 e. The van der Waals surface area contributed by atoms with Crippen molar-refractivity contribution in [2.45, 2.75) is 50.6 Å². The molecule has 0 saturated carbocycles. The summed E-state index contributed by atoms with van der Waals surface area (Å²) >= 11 is 3.38. The molecule has 3 aromatic carbocycles. The number of nitrogens with one attached hydrogen (secondary N) is 1. The molecule has 0 radical (unpaired) electrons. The minimum atomic E-state index is -4.07. The lowest BCUT2D eigenvalue weighted by molar-refractivity contribution is -0.140. The summed E-state index contributed by atoms with van der Waals surface area (Å²) in [5, 5.41) is 2.93. The third-order valence-corrected chi connectivity index (χ3v) is 8.45. The number of anilines is 1. The first-order chi connectivity index (χ1) is 18.3. The number of unbranched alkanes of at least 4 members (excludes halogenated alkanes) is 1. The quantitative estimate of drug-likeness (QED) is 0.268. The molecule has 0 saturated heterocycles. The van der Waals surface area contributed by atoms with Crippen molar-refractivity contribution >= 4 is 43.5 Å². The van der Waals surface area contributed by atoms with Crippen LogP contribution < -0.4 is 9.62 Å². The molecule has 0 aliphatic carbocycles. The Balaban J connectivity index is 2.00. The molecule has 1 atom stereocenters. The maximum absolute atomic E-state index is 13.9. The molecule has 7 nitrogen and oxygen atoms in total. The van der Waals surface area contributed by atoms with Gasteiger partial charge in [-0.05, 0) is 54.8 Å². The standard InChI is InChI=1S/C29H34BrN3O4S/c1-3-5-20-31-29(35)27(4-2)32(21-23-12-8-6-9-13-23)28(34)22-33(25-18-16-24(30)17-19-25)38(36,37)26-14-10-7-11-15-26/h6-19,27H,3-5,20-22H2,1-2H3,(H,31,35)/t27-/m1/s1. The first kappa shape index (κ1) is 29.4. The fourth-order valence-electron chi connectivity index (χ4n) is 4.06. The maximum Gasteiger partial charge on any atom is 0.264 e. The molecule has 3 aromatic rings. The van der Waals surface area contributed by atoms with Gasteiger partial charge in [0.25, 0.3) is 10.0 Å². The topological polar surface area (TPSA) is 86.8 Å². The minimum Gasteiger partial charge on any atom is -0.354 e. The highest BCUT2D eigenvalue weighted by Gasteiger charge is 2.33. The number of halogens is 1. The van der Waals surface area contributed by atoms with Gasteiger partial charge >= 0.3 is 0 Å². The van der Waals surface area contributed by atoms with E-state index in [1.807, 2.05) is 44.2 Å². The normalized spacial score (nSPS) is 12.0. The van der Waals surface area contributed by atoms with Crippen LogP contribution in [0.4, 0.5) is 5.69 Å². The van der Waals surface area contributed by atoms with Gasteiger partial charge in [-0.3, -0.25) is 13.9 Å². The lowest BCUT2D eigenvalue weighted by Gasteiger charge is -2.33. The molecule has 1 N–H and O–H groups in total. The Labute approximate surface area is 234 Å². The molecule has 3 rings (SSSR count). The number of hydrogen-bond donors (Lipinski definition) is 1.